The fourth-order valence-electron chi connectivity index (χ4n) is 3.97. The van der Waals surface area contributed by atoms with Gasteiger partial charge in [-0.1, -0.05) is 36.4 Å². The average molecular weight is 511 g/mol. The molecule has 0 fully saturated rings. The highest BCUT2D eigenvalue weighted by Crippen LogP contribution is 2.37. The van der Waals surface area contributed by atoms with Crippen LogP contribution in [0, 0.1) is 0 Å². The lowest BCUT2D eigenvalue weighted by molar-refractivity contribution is 0.256. The molecule has 7 heteroatoms. The molecule has 5 rings (SSSR count). The first-order chi connectivity index (χ1) is 18.6. The smallest absolute Gasteiger partial charge is 0.235 e. The van der Waals surface area contributed by atoms with Crippen LogP contribution in [0.3, 0.4) is 0 Å². The van der Waals surface area contributed by atoms with Crippen LogP contribution in [0.5, 0.6) is 28.7 Å². The van der Waals surface area contributed by atoms with Gasteiger partial charge >= 0.3 is 0 Å². The van der Waals surface area contributed by atoms with E-state index in [4.69, 9.17) is 23.4 Å². The minimum absolute atomic E-state index is 0.0599. The van der Waals surface area contributed by atoms with Gasteiger partial charge in [-0.2, -0.15) is 0 Å². The van der Waals surface area contributed by atoms with Gasteiger partial charge in [0.05, 0.1) is 19.6 Å². The van der Waals surface area contributed by atoms with Crippen LogP contribution in [0.1, 0.15) is 11.1 Å². The van der Waals surface area contributed by atoms with Crippen LogP contribution in [-0.2, 0) is 13.2 Å². The van der Waals surface area contributed by atoms with E-state index in [1.807, 2.05) is 48.5 Å². The summed E-state index contributed by atoms with van der Waals surface area (Å²) >= 11 is 0. The normalized spacial score (nSPS) is 10.8. The SMILES string of the molecule is COc1ccc(COc2ccc(-c3oc4ccccc4c(=O)c3O)cc2OCc2ccc(OC)cc2)cc1. The van der Waals surface area contributed by atoms with Crippen molar-refractivity contribution < 1.29 is 28.5 Å². The molecule has 0 unspecified atom stereocenters. The summed E-state index contributed by atoms with van der Waals surface area (Å²) in [5, 5.41) is 11.0. The molecule has 0 spiro atoms. The molecule has 0 radical (unpaired) electrons. The number of hydrogen-bond donors (Lipinski definition) is 1. The van der Waals surface area contributed by atoms with E-state index in [9.17, 15) is 9.90 Å². The summed E-state index contributed by atoms with van der Waals surface area (Å²) in [6.45, 7) is 0.568. The summed E-state index contributed by atoms with van der Waals surface area (Å²) in [4.78, 5) is 12.8. The van der Waals surface area contributed by atoms with Crippen LogP contribution in [0.2, 0.25) is 0 Å². The van der Waals surface area contributed by atoms with Crippen LogP contribution >= 0.6 is 0 Å². The Bertz CT molecular complexity index is 1600. The largest absolute Gasteiger partial charge is 0.502 e. The summed E-state index contributed by atoms with van der Waals surface area (Å²) in [7, 11) is 3.24. The van der Waals surface area contributed by atoms with Gasteiger partial charge in [0.15, 0.2) is 17.3 Å². The topological polar surface area (TPSA) is 87.4 Å². The first kappa shape index (κ1) is 24.8. The van der Waals surface area contributed by atoms with Crippen molar-refractivity contribution in [1.29, 1.82) is 0 Å². The number of fused-ring (bicyclic) bond motifs is 1. The van der Waals surface area contributed by atoms with Gasteiger partial charge in [-0.05, 0) is 65.7 Å². The molecule has 7 nitrogen and oxygen atoms in total. The minimum atomic E-state index is -0.498. The molecule has 1 N–H and O–H groups in total. The molecule has 4 aromatic carbocycles. The number of para-hydroxylation sites is 1. The number of aromatic hydroxyl groups is 1. The highest BCUT2D eigenvalue weighted by molar-refractivity contribution is 5.82. The van der Waals surface area contributed by atoms with Gasteiger partial charge in [-0.3, -0.25) is 4.79 Å². The van der Waals surface area contributed by atoms with Crippen molar-refractivity contribution in [3.63, 3.8) is 0 Å². The zero-order valence-electron chi connectivity index (χ0n) is 21.0. The van der Waals surface area contributed by atoms with Crippen molar-refractivity contribution in [3.05, 3.63) is 112 Å². The second-order valence-corrected chi connectivity index (χ2v) is 8.54. The molecule has 0 aliphatic heterocycles. The van der Waals surface area contributed by atoms with E-state index in [-0.39, 0.29) is 12.4 Å². The van der Waals surface area contributed by atoms with Crippen LogP contribution < -0.4 is 24.4 Å². The monoisotopic (exact) mass is 510 g/mol. The van der Waals surface area contributed by atoms with Crippen LogP contribution in [-0.4, -0.2) is 19.3 Å². The highest BCUT2D eigenvalue weighted by Gasteiger charge is 2.18. The molecule has 5 aromatic rings. The molecular formula is C31H26O7. The van der Waals surface area contributed by atoms with Crippen molar-refractivity contribution >= 4 is 11.0 Å². The third-order valence-corrected chi connectivity index (χ3v) is 6.09. The van der Waals surface area contributed by atoms with Crippen molar-refractivity contribution in [3.8, 4) is 40.1 Å². The van der Waals surface area contributed by atoms with Crippen molar-refractivity contribution in [2.24, 2.45) is 0 Å². The number of benzene rings is 4. The van der Waals surface area contributed by atoms with E-state index in [2.05, 4.69) is 0 Å². The van der Waals surface area contributed by atoms with Gasteiger partial charge in [0.25, 0.3) is 0 Å². The van der Waals surface area contributed by atoms with E-state index < -0.39 is 11.2 Å². The van der Waals surface area contributed by atoms with Gasteiger partial charge in [0.1, 0.15) is 30.3 Å². The quantitative estimate of drug-likeness (QED) is 0.248. The fraction of sp³-hybridized carbons (Fsp3) is 0.129. The predicted octanol–water partition coefficient (Wildman–Crippen LogP) is 6.34. The van der Waals surface area contributed by atoms with E-state index >= 15 is 0 Å². The predicted molar refractivity (Wildman–Crippen MR) is 144 cm³/mol. The van der Waals surface area contributed by atoms with E-state index in [0.717, 1.165) is 22.6 Å². The molecule has 0 saturated carbocycles. The van der Waals surface area contributed by atoms with Crippen LogP contribution in [0.4, 0.5) is 0 Å². The molecule has 0 aliphatic rings. The molecule has 38 heavy (non-hydrogen) atoms. The molecule has 192 valence electrons. The summed E-state index contributed by atoms with van der Waals surface area (Å²) in [6.07, 6.45) is 0. The lowest BCUT2D eigenvalue weighted by Gasteiger charge is -2.15. The standard InChI is InChI=1S/C31H26O7/c1-34-23-12-7-20(8-13-23)18-36-27-16-11-22(17-28(27)37-19-21-9-14-24(35-2)15-10-21)31-30(33)29(32)25-5-3-4-6-26(25)38-31/h3-17,33H,18-19H2,1-2H3. The number of ether oxygens (including phenoxy) is 4. The minimum Gasteiger partial charge on any atom is -0.502 e. The average Bonchev–Trinajstić information content (AvgIpc) is 2.97. The molecule has 1 aromatic heterocycles. The molecule has 0 saturated heterocycles. The fourth-order valence-corrected chi connectivity index (χ4v) is 3.97. The Labute approximate surface area is 219 Å². The molecule has 1 heterocycles. The molecule has 0 atom stereocenters. The van der Waals surface area contributed by atoms with Gasteiger partial charge in [-0.15, -0.1) is 0 Å². The number of rotatable bonds is 9. The first-order valence-corrected chi connectivity index (χ1v) is 12.0. The zero-order valence-corrected chi connectivity index (χ0v) is 21.0. The van der Waals surface area contributed by atoms with Gasteiger partial charge in [0, 0.05) is 5.56 Å². The van der Waals surface area contributed by atoms with Crippen molar-refractivity contribution in [2.45, 2.75) is 13.2 Å². The third-order valence-electron chi connectivity index (χ3n) is 6.09. The Morgan fingerprint density at radius 2 is 1.29 bits per heavy atom. The van der Waals surface area contributed by atoms with Gasteiger partial charge < -0.3 is 28.5 Å². The van der Waals surface area contributed by atoms with Crippen LogP contribution in [0.15, 0.2) is 100 Å². The first-order valence-electron chi connectivity index (χ1n) is 12.0. The van der Waals surface area contributed by atoms with Gasteiger partial charge in [0.2, 0.25) is 11.2 Å². The van der Waals surface area contributed by atoms with Crippen LogP contribution in [0.25, 0.3) is 22.3 Å². The van der Waals surface area contributed by atoms with E-state index in [1.165, 1.54) is 0 Å². The summed E-state index contributed by atoms with van der Waals surface area (Å²) in [6, 6.07) is 27.1. The Balaban J connectivity index is 1.47. The highest BCUT2D eigenvalue weighted by atomic mass is 16.5. The molecule has 0 bridgehead atoms. The lowest BCUT2D eigenvalue weighted by atomic mass is 10.1. The lowest BCUT2D eigenvalue weighted by Crippen LogP contribution is -2.03. The second-order valence-electron chi connectivity index (χ2n) is 8.54. The van der Waals surface area contributed by atoms with E-state index in [1.54, 1.807) is 56.7 Å². The Morgan fingerprint density at radius 1 is 0.711 bits per heavy atom. The van der Waals surface area contributed by atoms with Crippen molar-refractivity contribution in [1.82, 2.24) is 0 Å². The number of hydrogen-bond acceptors (Lipinski definition) is 7. The summed E-state index contributed by atoms with van der Waals surface area (Å²) < 4.78 is 28.6. The summed E-state index contributed by atoms with van der Waals surface area (Å²) in [5.74, 6) is 2.04. The molecule has 0 amide bonds. The zero-order chi connectivity index (χ0) is 26.5. The second kappa shape index (κ2) is 11.0. The number of methoxy groups -OCH3 is 2. The molecular weight excluding hydrogens is 484 g/mol. The maximum Gasteiger partial charge on any atom is 0.235 e. The Kier molecular flexibility index (Phi) is 7.17. The third kappa shape index (κ3) is 5.27. The van der Waals surface area contributed by atoms with E-state index in [0.29, 0.717) is 34.6 Å². The van der Waals surface area contributed by atoms with Gasteiger partial charge in [-0.25, -0.2) is 0 Å². The summed E-state index contributed by atoms with van der Waals surface area (Å²) in [5.41, 5.74) is 2.24. The Morgan fingerprint density at radius 3 is 1.89 bits per heavy atom. The maximum absolute atomic E-state index is 12.8. The molecule has 0 aliphatic carbocycles. The van der Waals surface area contributed by atoms with Crippen molar-refractivity contribution in [2.75, 3.05) is 14.2 Å². The maximum atomic E-state index is 12.8. The Hall–Kier alpha value is -4.91.